The second-order valence-corrected chi connectivity index (χ2v) is 6.04. The number of hydrogen-bond donors (Lipinski definition) is 2. The number of amides is 1. The highest BCUT2D eigenvalue weighted by Gasteiger charge is 2.26. The Morgan fingerprint density at radius 1 is 1.19 bits per heavy atom. The van der Waals surface area contributed by atoms with Crippen LogP contribution in [0, 0.1) is 11.8 Å². The van der Waals surface area contributed by atoms with E-state index >= 15 is 0 Å². The number of aliphatic carboxylic acids is 1. The monoisotopic (exact) mass is 330 g/mol. The normalized spacial score (nSPS) is 21.8. The van der Waals surface area contributed by atoms with Crippen molar-refractivity contribution in [3.63, 3.8) is 0 Å². The first-order valence-electron chi connectivity index (χ1n) is 6.80. The van der Waals surface area contributed by atoms with E-state index in [9.17, 15) is 9.59 Å². The zero-order chi connectivity index (χ0) is 15.4. The molecule has 0 saturated heterocycles. The highest BCUT2D eigenvalue weighted by molar-refractivity contribution is 6.33. The molecule has 1 heterocycles. The van der Waals surface area contributed by atoms with Gasteiger partial charge in [-0.25, -0.2) is 4.98 Å². The summed E-state index contributed by atoms with van der Waals surface area (Å²) in [7, 11) is 0. The maximum absolute atomic E-state index is 12.0. The number of rotatable bonds is 4. The summed E-state index contributed by atoms with van der Waals surface area (Å²) in [6, 6.07) is 2.92. The van der Waals surface area contributed by atoms with Crippen molar-refractivity contribution in [1.82, 2.24) is 10.3 Å². The third-order valence-corrected chi connectivity index (χ3v) is 4.16. The molecule has 1 aliphatic rings. The van der Waals surface area contributed by atoms with Gasteiger partial charge in [-0.3, -0.25) is 9.59 Å². The van der Waals surface area contributed by atoms with Crippen molar-refractivity contribution >= 4 is 35.1 Å². The fraction of sp³-hybridized carbons (Fsp3) is 0.500. The minimum absolute atomic E-state index is 0.176. The van der Waals surface area contributed by atoms with Crippen molar-refractivity contribution < 1.29 is 14.7 Å². The molecule has 0 unspecified atom stereocenters. The second kappa shape index (κ2) is 7.09. The summed E-state index contributed by atoms with van der Waals surface area (Å²) < 4.78 is 0. The number of pyridine rings is 1. The molecule has 0 radical (unpaired) electrons. The Kier molecular flexibility index (Phi) is 5.42. The van der Waals surface area contributed by atoms with E-state index in [4.69, 9.17) is 28.3 Å². The van der Waals surface area contributed by atoms with Gasteiger partial charge in [0.25, 0.3) is 5.91 Å². The van der Waals surface area contributed by atoms with Crippen LogP contribution in [-0.4, -0.2) is 28.5 Å². The number of nitrogens with zero attached hydrogens (tertiary/aromatic N) is 1. The molecule has 0 spiro atoms. The van der Waals surface area contributed by atoms with E-state index in [0.29, 0.717) is 30.9 Å². The van der Waals surface area contributed by atoms with Crippen LogP contribution in [0.15, 0.2) is 12.1 Å². The number of aromatic nitrogens is 1. The van der Waals surface area contributed by atoms with E-state index in [1.165, 1.54) is 12.1 Å². The molecular weight excluding hydrogens is 315 g/mol. The van der Waals surface area contributed by atoms with Gasteiger partial charge in [-0.1, -0.05) is 23.2 Å². The van der Waals surface area contributed by atoms with Crippen molar-refractivity contribution in [2.45, 2.75) is 25.7 Å². The highest BCUT2D eigenvalue weighted by Crippen LogP contribution is 2.28. The summed E-state index contributed by atoms with van der Waals surface area (Å²) in [6.45, 7) is 0.530. The Balaban J connectivity index is 1.83. The SMILES string of the molecule is O=C(NCC1CCC(C(=O)O)CC1)c1cc(Cl)nc(Cl)c1. The van der Waals surface area contributed by atoms with Gasteiger partial charge >= 0.3 is 5.97 Å². The smallest absolute Gasteiger partial charge is 0.306 e. The summed E-state index contributed by atoms with van der Waals surface area (Å²) in [5, 5.41) is 12.1. The van der Waals surface area contributed by atoms with Gasteiger partial charge in [0.15, 0.2) is 0 Å². The Morgan fingerprint density at radius 2 is 1.76 bits per heavy atom. The van der Waals surface area contributed by atoms with Crippen molar-refractivity contribution in [3.05, 3.63) is 28.0 Å². The molecule has 1 aromatic heterocycles. The van der Waals surface area contributed by atoms with Gasteiger partial charge in [-0.15, -0.1) is 0 Å². The third kappa shape index (κ3) is 4.58. The van der Waals surface area contributed by atoms with Crippen molar-refractivity contribution in [1.29, 1.82) is 0 Å². The summed E-state index contributed by atoms with van der Waals surface area (Å²) in [5.74, 6) is -0.896. The van der Waals surface area contributed by atoms with Crippen molar-refractivity contribution in [2.24, 2.45) is 11.8 Å². The average Bonchev–Trinajstić information content (AvgIpc) is 2.44. The Bertz CT molecular complexity index is 523. The van der Waals surface area contributed by atoms with Crippen LogP contribution in [-0.2, 0) is 4.79 Å². The Hall–Kier alpha value is -1.33. The Morgan fingerprint density at radius 3 is 2.29 bits per heavy atom. The molecule has 5 nitrogen and oxygen atoms in total. The molecular formula is C14H16Cl2N2O3. The molecule has 1 aromatic rings. The first-order valence-corrected chi connectivity index (χ1v) is 7.55. The molecule has 2 N–H and O–H groups in total. The molecule has 114 valence electrons. The van der Waals surface area contributed by atoms with E-state index < -0.39 is 5.97 Å². The van der Waals surface area contributed by atoms with Crippen LogP contribution < -0.4 is 5.32 Å². The molecule has 1 saturated carbocycles. The van der Waals surface area contributed by atoms with Gasteiger partial charge in [-0.2, -0.15) is 0 Å². The number of hydrogen-bond acceptors (Lipinski definition) is 3. The summed E-state index contributed by atoms with van der Waals surface area (Å²) in [5.41, 5.74) is 0.374. The molecule has 0 aliphatic heterocycles. The number of carbonyl (C=O) groups excluding carboxylic acids is 1. The van der Waals surface area contributed by atoms with Crippen LogP contribution in [0.1, 0.15) is 36.0 Å². The highest BCUT2D eigenvalue weighted by atomic mass is 35.5. The van der Waals surface area contributed by atoms with E-state index in [2.05, 4.69) is 10.3 Å². The number of nitrogens with one attached hydrogen (secondary N) is 1. The Labute approximate surface area is 132 Å². The number of halogens is 2. The fourth-order valence-electron chi connectivity index (χ4n) is 2.55. The summed E-state index contributed by atoms with van der Waals surface area (Å²) in [6.07, 6.45) is 2.97. The third-order valence-electron chi connectivity index (χ3n) is 3.77. The molecule has 2 rings (SSSR count). The predicted molar refractivity (Wildman–Crippen MR) is 79.7 cm³/mol. The summed E-state index contributed by atoms with van der Waals surface area (Å²) >= 11 is 11.5. The molecule has 0 bridgehead atoms. The van der Waals surface area contributed by atoms with E-state index in [-0.39, 0.29) is 22.1 Å². The molecule has 21 heavy (non-hydrogen) atoms. The first-order chi connectivity index (χ1) is 9.95. The lowest BCUT2D eigenvalue weighted by Crippen LogP contribution is -2.32. The molecule has 1 aliphatic carbocycles. The second-order valence-electron chi connectivity index (χ2n) is 5.27. The van der Waals surface area contributed by atoms with Gasteiger partial charge in [0.1, 0.15) is 10.3 Å². The van der Waals surface area contributed by atoms with Crippen LogP contribution in [0.4, 0.5) is 0 Å². The van der Waals surface area contributed by atoms with Gasteiger partial charge < -0.3 is 10.4 Å². The van der Waals surface area contributed by atoms with Gasteiger partial charge in [0.2, 0.25) is 0 Å². The molecule has 0 aromatic carbocycles. The van der Waals surface area contributed by atoms with E-state index in [0.717, 1.165) is 12.8 Å². The van der Waals surface area contributed by atoms with Crippen LogP contribution in [0.2, 0.25) is 10.3 Å². The maximum atomic E-state index is 12.0. The van der Waals surface area contributed by atoms with E-state index in [1.807, 2.05) is 0 Å². The standard InChI is InChI=1S/C14H16Cl2N2O3/c15-11-5-10(6-12(16)18-11)13(19)17-7-8-1-3-9(4-2-8)14(20)21/h5-6,8-9H,1-4,7H2,(H,17,19)(H,20,21). The van der Waals surface area contributed by atoms with E-state index in [1.54, 1.807) is 0 Å². The maximum Gasteiger partial charge on any atom is 0.306 e. The molecule has 0 atom stereocenters. The number of carbonyl (C=O) groups is 2. The lowest BCUT2D eigenvalue weighted by molar-refractivity contribution is -0.143. The summed E-state index contributed by atoms with van der Waals surface area (Å²) in [4.78, 5) is 26.7. The average molecular weight is 331 g/mol. The van der Waals surface area contributed by atoms with Crippen molar-refractivity contribution in [2.75, 3.05) is 6.54 Å². The predicted octanol–water partition coefficient (Wildman–Crippen LogP) is 3.01. The minimum Gasteiger partial charge on any atom is -0.481 e. The first kappa shape index (κ1) is 16.0. The minimum atomic E-state index is -0.724. The van der Waals surface area contributed by atoms with Crippen molar-refractivity contribution in [3.8, 4) is 0 Å². The zero-order valence-electron chi connectivity index (χ0n) is 11.3. The lowest BCUT2D eigenvalue weighted by atomic mass is 9.82. The van der Waals surface area contributed by atoms with Crippen LogP contribution in [0.25, 0.3) is 0 Å². The van der Waals surface area contributed by atoms with Crippen LogP contribution in [0.3, 0.4) is 0 Å². The zero-order valence-corrected chi connectivity index (χ0v) is 12.8. The molecule has 1 amide bonds. The van der Waals surface area contributed by atoms with Gasteiger partial charge in [-0.05, 0) is 43.7 Å². The van der Waals surface area contributed by atoms with Gasteiger partial charge in [0, 0.05) is 12.1 Å². The largest absolute Gasteiger partial charge is 0.481 e. The number of carboxylic acid groups (broad SMARTS) is 1. The van der Waals surface area contributed by atoms with Crippen LogP contribution >= 0.6 is 23.2 Å². The quantitative estimate of drug-likeness (QED) is 0.831. The molecule has 7 heteroatoms. The van der Waals surface area contributed by atoms with Crippen LogP contribution in [0.5, 0.6) is 0 Å². The topological polar surface area (TPSA) is 79.3 Å². The molecule has 1 fully saturated rings. The van der Waals surface area contributed by atoms with Gasteiger partial charge in [0.05, 0.1) is 5.92 Å². The lowest BCUT2D eigenvalue weighted by Gasteiger charge is -2.26. The fourth-order valence-corrected chi connectivity index (χ4v) is 3.01. The number of carboxylic acids is 1.